The molecule has 0 aliphatic rings. The second kappa shape index (κ2) is 3.42. The van der Waals surface area contributed by atoms with Crippen LogP contribution in [0.5, 0.6) is 0 Å². The molecule has 0 heteroatoms. The van der Waals surface area contributed by atoms with Crippen molar-refractivity contribution in [3.8, 4) is 0 Å². The molecule has 0 N–H and O–H groups in total. The molecule has 0 aromatic carbocycles. The van der Waals surface area contributed by atoms with Gasteiger partial charge in [-0.2, -0.15) is 0 Å². The smallest absolute Gasteiger partial charge is 0.0203 e. The molecule has 66 valence electrons. The molecule has 0 rings (SSSR count). The number of hydrogen-bond donors (Lipinski definition) is 0. The fourth-order valence-electron chi connectivity index (χ4n) is 0.766. The van der Waals surface area contributed by atoms with Crippen LogP contribution in [-0.4, -0.2) is 0 Å². The van der Waals surface area contributed by atoms with Crippen molar-refractivity contribution < 1.29 is 0 Å². The van der Waals surface area contributed by atoms with E-state index in [0.29, 0.717) is 10.8 Å². The highest BCUT2D eigenvalue weighted by Gasteiger charge is 2.08. The van der Waals surface area contributed by atoms with Crippen LogP contribution in [0.2, 0.25) is 0 Å². The molecule has 0 saturated carbocycles. The molecule has 0 aromatic heterocycles. The van der Waals surface area contributed by atoms with Crippen molar-refractivity contribution in [3.63, 3.8) is 0 Å². The minimum Gasteiger partial charge on any atom is -0.0875 e. The summed E-state index contributed by atoms with van der Waals surface area (Å²) in [4.78, 5) is 0. The Morgan fingerprint density at radius 1 is 0.909 bits per heavy atom. The molecule has 0 nitrogen and oxygen atoms in total. The summed E-state index contributed by atoms with van der Waals surface area (Å²) < 4.78 is 0. The van der Waals surface area contributed by atoms with E-state index in [1.165, 1.54) is 6.42 Å². The van der Waals surface area contributed by atoms with Crippen molar-refractivity contribution in [2.45, 2.75) is 48.0 Å². The summed E-state index contributed by atoms with van der Waals surface area (Å²) >= 11 is 0. The molecule has 0 aromatic rings. The first-order valence-corrected chi connectivity index (χ1v) is 4.38. The first kappa shape index (κ1) is 10.7. The second-order valence-corrected chi connectivity index (χ2v) is 5.53. The summed E-state index contributed by atoms with van der Waals surface area (Å²) in [6, 6.07) is 0. The zero-order chi connectivity index (χ0) is 9.12. The van der Waals surface area contributed by atoms with E-state index in [1.54, 1.807) is 0 Å². The van der Waals surface area contributed by atoms with E-state index in [0.717, 1.165) is 0 Å². The number of hydrogen-bond acceptors (Lipinski definition) is 0. The maximum atomic E-state index is 2.29. The largest absolute Gasteiger partial charge is 0.0875 e. The van der Waals surface area contributed by atoms with E-state index < -0.39 is 0 Å². The van der Waals surface area contributed by atoms with Crippen molar-refractivity contribution >= 4 is 0 Å². The van der Waals surface area contributed by atoms with Crippen LogP contribution in [0.25, 0.3) is 0 Å². The molecule has 0 unspecified atom stereocenters. The molecule has 0 radical (unpaired) electrons. The lowest BCUT2D eigenvalue weighted by molar-refractivity contribution is 0.417. The summed E-state index contributed by atoms with van der Waals surface area (Å²) in [5.74, 6) is 0. The summed E-state index contributed by atoms with van der Waals surface area (Å²) in [6.45, 7) is 13.5. The van der Waals surface area contributed by atoms with Crippen molar-refractivity contribution in [3.05, 3.63) is 12.2 Å². The fourth-order valence-corrected chi connectivity index (χ4v) is 0.766. The average Bonchev–Trinajstić information content (AvgIpc) is 1.55. The van der Waals surface area contributed by atoms with E-state index in [9.17, 15) is 0 Å². The van der Waals surface area contributed by atoms with Gasteiger partial charge in [0, 0.05) is 0 Å². The molecular formula is C11H22. The highest BCUT2D eigenvalue weighted by molar-refractivity contribution is 4.93. The molecule has 0 amide bonds. The molecule has 0 bridgehead atoms. The summed E-state index contributed by atoms with van der Waals surface area (Å²) in [7, 11) is 0. The lowest BCUT2D eigenvalue weighted by Gasteiger charge is -2.17. The van der Waals surface area contributed by atoms with E-state index in [-0.39, 0.29) is 0 Å². The molecule has 0 spiro atoms. The minimum absolute atomic E-state index is 0.339. The summed E-state index contributed by atoms with van der Waals surface area (Å²) in [5, 5.41) is 0. The molecule has 0 saturated heterocycles. The Labute approximate surface area is 71.7 Å². The first-order chi connectivity index (χ1) is 4.71. The second-order valence-electron chi connectivity index (χ2n) is 5.53. The molecule has 0 heterocycles. The van der Waals surface area contributed by atoms with Crippen LogP contribution in [0.3, 0.4) is 0 Å². The third kappa shape index (κ3) is 9.74. The van der Waals surface area contributed by atoms with Gasteiger partial charge in [0.1, 0.15) is 0 Å². The van der Waals surface area contributed by atoms with Crippen LogP contribution in [0.4, 0.5) is 0 Å². The summed E-state index contributed by atoms with van der Waals surface area (Å²) in [5.41, 5.74) is 0.771. The van der Waals surface area contributed by atoms with E-state index in [2.05, 4.69) is 53.7 Å². The molecule has 0 aliphatic heterocycles. The van der Waals surface area contributed by atoms with E-state index >= 15 is 0 Å². The zero-order valence-corrected chi connectivity index (χ0v) is 8.86. The maximum Gasteiger partial charge on any atom is -0.0203 e. The molecule has 0 aliphatic carbocycles. The van der Waals surface area contributed by atoms with Gasteiger partial charge in [0.05, 0.1) is 0 Å². The van der Waals surface area contributed by atoms with Crippen molar-refractivity contribution in [2.75, 3.05) is 0 Å². The third-order valence-electron chi connectivity index (χ3n) is 1.35. The molecule has 0 fully saturated rings. The van der Waals surface area contributed by atoms with Gasteiger partial charge in [0.2, 0.25) is 0 Å². The van der Waals surface area contributed by atoms with Crippen LogP contribution in [0.15, 0.2) is 12.2 Å². The number of allylic oxidation sites excluding steroid dienone is 2. The Balaban J connectivity index is 3.80. The highest BCUT2D eigenvalue weighted by atomic mass is 14.1. The topological polar surface area (TPSA) is 0 Å². The maximum absolute atomic E-state index is 2.29. The van der Waals surface area contributed by atoms with Crippen molar-refractivity contribution in [1.82, 2.24) is 0 Å². The van der Waals surface area contributed by atoms with Gasteiger partial charge in [0.25, 0.3) is 0 Å². The molecular weight excluding hydrogens is 132 g/mol. The normalized spacial score (nSPS) is 14.4. The average molecular weight is 154 g/mol. The third-order valence-corrected chi connectivity index (χ3v) is 1.35. The van der Waals surface area contributed by atoms with Crippen molar-refractivity contribution in [2.24, 2.45) is 10.8 Å². The quantitative estimate of drug-likeness (QED) is 0.500. The Bertz CT molecular complexity index is 127. The lowest BCUT2D eigenvalue weighted by atomic mass is 9.89. The van der Waals surface area contributed by atoms with Gasteiger partial charge in [0.15, 0.2) is 0 Å². The van der Waals surface area contributed by atoms with Gasteiger partial charge in [-0.3, -0.25) is 0 Å². The van der Waals surface area contributed by atoms with Crippen LogP contribution in [0, 0.1) is 10.8 Å². The van der Waals surface area contributed by atoms with Crippen LogP contribution >= 0.6 is 0 Å². The first-order valence-electron chi connectivity index (χ1n) is 4.38. The van der Waals surface area contributed by atoms with Crippen LogP contribution in [0.1, 0.15) is 48.0 Å². The fraction of sp³-hybridized carbons (Fsp3) is 0.818. The Kier molecular flexibility index (Phi) is 3.34. The number of rotatable bonds is 1. The van der Waals surface area contributed by atoms with Gasteiger partial charge in [-0.15, -0.1) is 0 Å². The Morgan fingerprint density at radius 3 is 1.64 bits per heavy atom. The molecule has 11 heavy (non-hydrogen) atoms. The van der Waals surface area contributed by atoms with Gasteiger partial charge in [-0.05, 0) is 17.3 Å². The minimum atomic E-state index is 0.339. The Hall–Kier alpha value is -0.260. The van der Waals surface area contributed by atoms with Gasteiger partial charge in [-0.1, -0.05) is 53.7 Å². The van der Waals surface area contributed by atoms with E-state index in [1.807, 2.05) is 0 Å². The van der Waals surface area contributed by atoms with Crippen molar-refractivity contribution in [1.29, 1.82) is 0 Å². The van der Waals surface area contributed by atoms with Gasteiger partial charge < -0.3 is 0 Å². The molecule has 0 atom stereocenters. The zero-order valence-electron chi connectivity index (χ0n) is 8.86. The lowest BCUT2D eigenvalue weighted by Crippen LogP contribution is -2.04. The standard InChI is InChI=1S/C11H22/c1-10(2,3)8-7-9-11(4,5)6/h7-8H,9H2,1-6H3/b8-7+. The van der Waals surface area contributed by atoms with Crippen LogP contribution in [-0.2, 0) is 0 Å². The predicted octanol–water partition coefficient (Wildman–Crippen LogP) is 4.02. The van der Waals surface area contributed by atoms with E-state index in [4.69, 9.17) is 0 Å². The highest BCUT2D eigenvalue weighted by Crippen LogP contribution is 2.21. The van der Waals surface area contributed by atoms with Gasteiger partial charge >= 0.3 is 0 Å². The SMILES string of the molecule is CC(C)(C)/C=C/CC(C)(C)C. The Morgan fingerprint density at radius 2 is 1.36 bits per heavy atom. The predicted molar refractivity (Wildman–Crippen MR) is 52.7 cm³/mol. The van der Waals surface area contributed by atoms with Gasteiger partial charge in [-0.25, -0.2) is 0 Å². The summed E-state index contributed by atoms with van der Waals surface area (Å²) in [6.07, 6.45) is 5.75. The van der Waals surface area contributed by atoms with Crippen LogP contribution < -0.4 is 0 Å². The monoisotopic (exact) mass is 154 g/mol.